The zero-order valence-electron chi connectivity index (χ0n) is 13.3. The number of ether oxygens (including phenoxy) is 2. The average Bonchev–Trinajstić information content (AvgIpc) is 2.42. The number of carbonyl (C=O) groups is 1. The quantitative estimate of drug-likeness (QED) is 0.815. The molecule has 0 fully saturated rings. The monoisotopic (exact) mass is 295 g/mol. The van der Waals surface area contributed by atoms with Crippen molar-refractivity contribution >= 4 is 11.8 Å². The van der Waals surface area contributed by atoms with Crippen molar-refractivity contribution < 1.29 is 14.3 Å². The Bertz CT molecular complexity index is 440. The van der Waals surface area contributed by atoms with Crippen molar-refractivity contribution in [3.05, 3.63) is 24.0 Å². The summed E-state index contributed by atoms with van der Waals surface area (Å²) in [6.45, 7) is 9.23. The van der Waals surface area contributed by atoms with Crippen LogP contribution in [-0.4, -0.2) is 36.4 Å². The predicted octanol–water partition coefficient (Wildman–Crippen LogP) is 2.32. The van der Waals surface area contributed by atoms with Crippen LogP contribution >= 0.6 is 0 Å². The van der Waals surface area contributed by atoms with E-state index in [-0.39, 0.29) is 0 Å². The Morgan fingerprint density at radius 1 is 1.38 bits per heavy atom. The first kappa shape index (κ1) is 17.4. The number of carbonyl (C=O) groups excluding carboxylic acids is 1. The lowest BCUT2D eigenvalue weighted by Gasteiger charge is -2.27. The van der Waals surface area contributed by atoms with Gasteiger partial charge in [0, 0.05) is 13.2 Å². The molecule has 118 valence electrons. The smallest absolute Gasteiger partial charge is 0.414 e. The van der Waals surface area contributed by atoms with Crippen molar-refractivity contribution in [2.45, 2.75) is 39.8 Å². The summed E-state index contributed by atoms with van der Waals surface area (Å²) in [5.74, 6) is 0. The number of hydrogen-bond donors (Lipinski definition) is 1. The number of nitrogens with two attached hydrogens (primary N) is 1. The fourth-order valence-electron chi connectivity index (χ4n) is 1.64. The third-order valence-corrected chi connectivity index (χ3v) is 2.61. The maximum atomic E-state index is 12.3. The maximum Gasteiger partial charge on any atom is 0.414 e. The van der Waals surface area contributed by atoms with Gasteiger partial charge in [0.25, 0.3) is 0 Å². The largest absolute Gasteiger partial charge is 0.443 e. The SMILES string of the molecule is CCOCCN(C(=O)OC(C)(C)C)c1ccc(CN)nc1. The van der Waals surface area contributed by atoms with E-state index in [9.17, 15) is 4.79 Å². The molecule has 0 unspecified atom stereocenters. The van der Waals surface area contributed by atoms with E-state index in [1.807, 2.05) is 33.8 Å². The second-order valence-corrected chi connectivity index (χ2v) is 5.54. The number of rotatable bonds is 6. The highest BCUT2D eigenvalue weighted by atomic mass is 16.6. The number of hydrogen-bond acceptors (Lipinski definition) is 5. The van der Waals surface area contributed by atoms with Gasteiger partial charge in [-0.1, -0.05) is 0 Å². The van der Waals surface area contributed by atoms with E-state index in [0.29, 0.717) is 32.0 Å². The summed E-state index contributed by atoms with van der Waals surface area (Å²) in [4.78, 5) is 18.0. The van der Waals surface area contributed by atoms with Gasteiger partial charge in [-0.2, -0.15) is 0 Å². The van der Waals surface area contributed by atoms with Crippen LogP contribution in [0, 0.1) is 0 Å². The molecule has 0 atom stereocenters. The van der Waals surface area contributed by atoms with Gasteiger partial charge in [0.1, 0.15) is 5.60 Å². The van der Waals surface area contributed by atoms with Crippen molar-refractivity contribution in [1.82, 2.24) is 4.98 Å². The minimum absolute atomic E-state index is 0.367. The van der Waals surface area contributed by atoms with Crippen molar-refractivity contribution in [2.24, 2.45) is 5.73 Å². The van der Waals surface area contributed by atoms with E-state index in [1.54, 1.807) is 12.3 Å². The summed E-state index contributed by atoms with van der Waals surface area (Å²) in [6.07, 6.45) is 1.21. The zero-order chi connectivity index (χ0) is 15.9. The molecule has 0 aliphatic carbocycles. The molecule has 0 spiro atoms. The van der Waals surface area contributed by atoms with E-state index in [1.165, 1.54) is 4.90 Å². The number of amides is 1. The summed E-state index contributed by atoms with van der Waals surface area (Å²) in [5, 5.41) is 0. The fraction of sp³-hybridized carbons (Fsp3) is 0.600. The lowest BCUT2D eigenvalue weighted by Crippen LogP contribution is -2.39. The van der Waals surface area contributed by atoms with Crippen LogP contribution in [0.2, 0.25) is 0 Å². The second-order valence-electron chi connectivity index (χ2n) is 5.54. The van der Waals surface area contributed by atoms with E-state index in [0.717, 1.165) is 5.69 Å². The average molecular weight is 295 g/mol. The molecule has 6 nitrogen and oxygen atoms in total. The van der Waals surface area contributed by atoms with Crippen molar-refractivity contribution in [2.75, 3.05) is 24.7 Å². The minimum atomic E-state index is -0.550. The van der Waals surface area contributed by atoms with Gasteiger partial charge in [0.15, 0.2) is 0 Å². The van der Waals surface area contributed by atoms with Gasteiger partial charge in [0.2, 0.25) is 0 Å². The molecule has 1 aromatic heterocycles. The molecule has 1 amide bonds. The van der Waals surface area contributed by atoms with Gasteiger partial charge < -0.3 is 15.2 Å². The van der Waals surface area contributed by atoms with Crippen LogP contribution in [0.3, 0.4) is 0 Å². The Morgan fingerprint density at radius 2 is 2.10 bits per heavy atom. The molecule has 6 heteroatoms. The van der Waals surface area contributed by atoms with Crippen LogP contribution in [0.5, 0.6) is 0 Å². The molecular formula is C15H25N3O3. The molecule has 0 aliphatic heterocycles. The summed E-state index contributed by atoms with van der Waals surface area (Å²) >= 11 is 0. The Kier molecular flexibility index (Phi) is 6.58. The van der Waals surface area contributed by atoms with Gasteiger partial charge in [-0.05, 0) is 39.8 Å². The highest BCUT2D eigenvalue weighted by molar-refractivity contribution is 5.87. The molecule has 1 rings (SSSR count). The Hall–Kier alpha value is -1.66. The fourth-order valence-corrected chi connectivity index (χ4v) is 1.64. The number of anilines is 1. The van der Waals surface area contributed by atoms with Crippen LogP contribution < -0.4 is 10.6 Å². The number of nitrogens with zero attached hydrogens (tertiary/aromatic N) is 2. The van der Waals surface area contributed by atoms with Crippen LogP contribution in [0.1, 0.15) is 33.4 Å². The first-order valence-electron chi connectivity index (χ1n) is 7.10. The van der Waals surface area contributed by atoms with Crippen LogP contribution in [0.15, 0.2) is 18.3 Å². The number of pyridine rings is 1. The van der Waals surface area contributed by atoms with E-state index in [2.05, 4.69) is 4.98 Å². The van der Waals surface area contributed by atoms with Gasteiger partial charge in [0.05, 0.1) is 30.7 Å². The van der Waals surface area contributed by atoms with E-state index < -0.39 is 11.7 Å². The van der Waals surface area contributed by atoms with Gasteiger partial charge in [-0.25, -0.2) is 4.79 Å². The van der Waals surface area contributed by atoms with Crippen LogP contribution in [0.4, 0.5) is 10.5 Å². The van der Waals surface area contributed by atoms with Gasteiger partial charge in [-0.15, -0.1) is 0 Å². The first-order valence-corrected chi connectivity index (χ1v) is 7.10. The van der Waals surface area contributed by atoms with Crippen molar-refractivity contribution in [3.8, 4) is 0 Å². The second kappa shape index (κ2) is 7.95. The summed E-state index contributed by atoms with van der Waals surface area (Å²) < 4.78 is 10.7. The Labute approximate surface area is 126 Å². The molecule has 0 bridgehead atoms. The minimum Gasteiger partial charge on any atom is -0.443 e. The molecule has 1 aromatic rings. The van der Waals surface area contributed by atoms with Gasteiger partial charge >= 0.3 is 6.09 Å². The number of aromatic nitrogens is 1. The van der Waals surface area contributed by atoms with Gasteiger partial charge in [-0.3, -0.25) is 9.88 Å². The van der Waals surface area contributed by atoms with Crippen LogP contribution in [0.25, 0.3) is 0 Å². The summed E-state index contributed by atoms with van der Waals surface area (Å²) in [7, 11) is 0. The third kappa shape index (κ3) is 6.10. The molecule has 0 aromatic carbocycles. The van der Waals surface area contributed by atoms with Crippen molar-refractivity contribution in [1.29, 1.82) is 0 Å². The normalized spacial score (nSPS) is 11.3. The molecular weight excluding hydrogens is 270 g/mol. The Balaban J connectivity index is 2.86. The topological polar surface area (TPSA) is 77.7 Å². The predicted molar refractivity (Wildman–Crippen MR) is 82.2 cm³/mol. The molecule has 0 aliphatic rings. The molecule has 21 heavy (non-hydrogen) atoms. The molecule has 0 radical (unpaired) electrons. The zero-order valence-corrected chi connectivity index (χ0v) is 13.3. The standard InChI is InChI=1S/C15H25N3O3/c1-5-20-9-8-18(14(19)21-15(2,3)4)13-7-6-12(10-16)17-11-13/h6-7,11H,5,8-10,16H2,1-4H3. The van der Waals surface area contributed by atoms with E-state index >= 15 is 0 Å². The summed E-state index contributed by atoms with van der Waals surface area (Å²) in [5.41, 5.74) is 6.42. The highest BCUT2D eigenvalue weighted by Crippen LogP contribution is 2.17. The molecule has 2 N–H and O–H groups in total. The first-order chi connectivity index (χ1) is 9.87. The highest BCUT2D eigenvalue weighted by Gasteiger charge is 2.23. The maximum absolute atomic E-state index is 12.3. The molecule has 0 saturated carbocycles. The lowest BCUT2D eigenvalue weighted by atomic mass is 10.2. The van der Waals surface area contributed by atoms with Crippen molar-refractivity contribution in [3.63, 3.8) is 0 Å². The van der Waals surface area contributed by atoms with E-state index in [4.69, 9.17) is 15.2 Å². The lowest BCUT2D eigenvalue weighted by molar-refractivity contribution is 0.0562. The Morgan fingerprint density at radius 3 is 2.57 bits per heavy atom. The molecule has 1 heterocycles. The summed E-state index contributed by atoms with van der Waals surface area (Å²) in [6, 6.07) is 3.61. The third-order valence-electron chi connectivity index (χ3n) is 2.61. The van der Waals surface area contributed by atoms with Crippen LogP contribution in [-0.2, 0) is 16.0 Å². The molecule has 0 saturated heterocycles.